The Morgan fingerprint density at radius 3 is 2.92 bits per heavy atom. The van der Waals surface area contributed by atoms with Crippen LogP contribution in [0.2, 0.25) is 5.02 Å². The van der Waals surface area contributed by atoms with Crippen molar-refractivity contribution in [3.05, 3.63) is 62.9 Å². The molecule has 0 fully saturated rings. The van der Waals surface area contributed by atoms with E-state index in [0.29, 0.717) is 16.3 Å². The van der Waals surface area contributed by atoms with E-state index in [2.05, 4.69) is 15.5 Å². The number of aromatic nitrogens is 1. The summed E-state index contributed by atoms with van der Waals surface area (Å²) in [6.45, 7) is 3.95. The summed E-state index contributed by atoms with van der Waals surface area (Å²) < 4.78 is 5.67. The van der Waals surface area contributed by atoms with Crippen LogP contribution in [0.5, 0.6) is 5.75 Å². The van der Waals surface area contributed by atoms with Crippen molar-refractivity contribution in [3.8, 4) is 5.75 Å². The molecule has 0 bridgehead atoms. The number of halogens is 1. The Labute approximate surface area is 155 Å². The highest BCUT2D eigenvalue weighted by molar-refractivity contribution is 6.32. The second kappa shape index (κ2) is 8.91. The molecule has 1 aromatic heterocycles. The lowest BCUT2D eigenvalue weighted by atomic mass is 10.2. The van der Waals surface area contributed by atoms with Gasteiger partial charge in [0, 0.05) is 12.3 Å². The minimum absolute atomic E-state index is 0.0421. The van der Waals surface area contributed by atoms with Gasteiger partial charge in [0.15, 0.2) is 0 Å². The Morgan fingerprint density at radius 2 is 2.27 bits per heavy atom. The van der Waals surface area contributed by atoms with E-state index in [0.717, 1.165) is 6.42 Å². The molecule has 1 atom stereocenters. The molecule has 9 heteroatoms. The third kappa shape index (κ3) is 5.00. The molecule has 1 amide bonds. The van der Waals surface area contributed by atoms with Gasteiger partial charge in [-0.3, -0.25) is 14.9 Å². The number of pyridine rings is 1. The summed E-state index contributed by atoms with van der Waals surface area (Å²) in [6.07, 6.45) is 3.55. The summed E-state index contributed by atoms with van der Waals surface area (Å²) in [4.78, 5) is 25.9. The zero-order valence-electron chi connectivity index (χ0n) is 14.2. The Balaban J connectivity index is 2.06. The van der Waals surface area contributed by atoms with Crippen molar-refractivity contribution < 1.29 is 14.5 Å². The average Bonchev–Trinajstić information content (AvgIpc) is 2.63. The molecule has 1 aromatic carbocycles. The molecule has 2 aromatic rings. The van der Waals surface area contributed by atoms with Crippen LogP contribution < -0.4 is 10.2 Å². The monoisotopic (exact) mass is 376 g/mol. The molecule has 0 aliphatic rings. The fourth-order valence-electron chi connectivity index (χ4n) is 1.93. The van der Waals surface area contributed by atoms with Gasteiger partial charge in [-0.25, -0.2) is 10.4 Å². The lowest BCUT2D eigenvalue weighted by Gasteiger charge is -2.13. The maximum absolute atomic E-state index is 12.0. The smallest absolute Gasteiger partial charge is 0.300 e. The fraction of sp³-hybridized carbons (Fsp3) is 0.235. The molecule has 1 heterocycles. The SMILES string of the molecule is CCC(C)Oc1ccc(/C=N/NC(=O)c2ncccc2[N+](=O)[O-])cc1Cl. The first-order valence-corrected chi connectivity index (χ1v) is 8.19. The van der Waals surface area contributed by atoms with E-state index in [-0.39, 0.29) is 11.8 Å². The molecule has 2 rings (SSSR count). The number of carbonyl (C=O) groups is 1. The molecule has 0 aliphatic carbocycles. The van der Waals surface area contributed by atoms with Gasteiger partial charge < -0.3 is 4.74 Å². The summed E-state index contributed by atoms with van der Waals surface area (Å²) in [5.41, 5.74) is 2.13. The quantitative estimate of drug-likeness (QED) is 0.451. The van der Waals surface area contributed by atoms with Crippen molar-refractivity contribution in [1.82, 2.24) is 10.4 Å². The molecule has 0 aliphatic heterocycles. The second-order valence-corrected chi connectivity index (χ2v) is 5.76. The summed E-state index contributed by atoms with van der Waals surface area (Å²) in [5, 5.41) is 15.1. The van der Waals surface area contributed by atoms with E-state index in [9.17, 15) is 14.9 Å². The first-order valence-electron chi connectivity index (χ1n) is 7.81. The summed E-state index contributed by atoms with van der Waals surface area (Å²) in [6, 6.07) is 7.65. The largest absolute Gasteiger partial charge is 0.489 e. The van der Waals surface area contributed by atoms with Crippen molar-refractivity contribution in [1.29, 1.82) is 0 Å². The first-order chi connectivity index (χ1) is 12.4. The Bertz CT molecular complexity index is 841. The molecule has 1 N–H and O–H groups in total. The van der Waals surface area contributed by atoms with Gasteiger partial charge in [-0.2, -0.15) is 5.10 Å². The number of rotatable bonds is 7. The Morgan fingerprint density at radius 1 is 1.50 bits per heavy atom. The maximum atomic E-state index is 12.0. The van der Waals surface area contributed by atoms with E-state index in [4.69, 9.17) is 16.3 Å². The molecule has 1 unspecified atom stereocenters. The normalized spacial score (nSPS) is 12.0. The number of hydrazone groups is 1. The number of carbonyl (C=O) groups excluding carboxylic acids is 1. The van der Waals surface area contributed by atoms with Crippen LogP contribution >= 0.6 is 11.6 Å². The highest BCUT2D eigenvalue weighted by atomic mass is 35.5. The number of amides is 1. The molecule has 0 radical (unpaired) electrons. The fourth-order valence-corrected chi connectivity index (χ4v) is 2.16. The lowest BCUT2D eigenvalue weighted by Crippen LogP contribution is -2.20. The third-order valence-corrected chi connectivity index (χ3v) is 3.73. The number of hydrogen-bond acceptors (Lipinski definition) is 6. The molecule has 0 saturated carbocycles. The zero-order valence-corrected chi connectivity index (χ0v) is 14.9. The van der Waals surface area contributed by atoms with Gasteiger partial charge in [-0.05, 0) is 43.2 Å². The second-order valence-electron chi connectivity index (χ2n) is 5.35. The van der Waals surface area contributed by atoms with E-state index >= 15 is 0 Å². The molecule has 136 valence electrons. The van der Waals surface area contributed by atoms with Crippen LogP contribution in [0.25, 0.3) is 0 Å². The van der Waals surface area contributed by atoms with Crippen LogP contribution in [0.15, 0.2) is 41.6 Å². The molecule has 0 spiro atoms. The number of nitrogens with zero attached hydrogens (tertiary/aromatic N) is 3. The van der Waals surface area contributed by atoms with Gasteiger partial charge in [0.2, 0.25) is 5.69 Å². The highest BCUT2D eigenvalue weighted by Crippen LogP contribution is 2.26. The van der Waals surface area contributed by atoms with Gasteiger partial charge in [0.05, 0.1) is 22.3 Å². The molecule has 8 nitrogen and oxygen atoms in total. The summed E-state index contributed by atoms with van der Waals surface area (Å²) >= 11 is 6.16. The number of nitro groups is 1. The van der Waals surface area contributed by atoms with Gasteiger partial charge in [0.25, 0.3) is 5.91 Å². The molecule has 0 saturated heterocycles. The number of nitrogens with one attached hydrogen (secondary N) is 1. The van der Waals surface area contributed by atoms with Crippen LogP contribution in [-0.4, -0.2) is 28.1 Å². The van der Waals surface area contributed by atoms with Crippen LogP contribution in [0.4, 0.5) is 5.69 Å². The first kappa shape index (κ1) is 19.3. The van der Waals surface area contributed by atoms with E-state index < -0.39 is 16.5 Å². The third-order valence-electron chi connectivity index (χ3n) is 3.44. The molecular weight excluding hydrogens is 360 g/mol. The van der Waals surface area contributed by atoms with Gasteiger partial charge in [0.1, 0.15) is 5.75 Å². The maximum Gasteiger partial charge on any atom is 0.300 e. The van der Waals surface area contributed by atoms with Crippen molar-refractivity contribution in [2.24, 2.45) is 5.10 Å². The van der Waals surface area contributed by atoms with Crippen LogP contribution in [0, 0.1) is 10.1 Å². The van der Waals surface area contributed by atoms with E-state index in [1.165, 1.54) is 24.5 Å². The number of ether oxygens (including phenoxy) is 1. The average molecular weight is 377 g/mol. The Kier molecular flexibility index (Phi) is 6.62. The Hall–Kier alpha value is -3.00. The minimum atomic E-state index is -0.781. The van der Waals surface area contributed by atoms with E-state index in [1.54, 1.807) is 18.2 Å². The lowest BCUT2D eigenvalue weighted by molar-refractivity contribution is -0.385. The van der Waals surface area contributed by atoms with Crippen molar-refractivity contribution >= 4 is 29.4 Å². The van der Waals surface area contributed by atoms with Crippen LogP contribution in [0.1, 0.15) is 36.3 Å². The summed E-state index contributed by atoms with van der Waals surface area (Å²) in [7, 11) is 0. The van der Waals surface area contributed by atoms with E-state index in [1.807, 2.05) is 13.8 Å². The zero-order chi connectivity index (χ0) is 19.1. The molecular formula is C17H17ClN4O4. The van der Waals surface area contributed by atoms with Crippen molar-refractivity contribution in [3.63, 3.8) is 0 Å². The van der Waals surface area contributed by atoms with Gasteiger partial charge in [-0.15, -0.1) is 0 Å². The predicted molar refractivity (Wildman–Crippen MR) is 97.8 cm³/mol. The van der Waals surface area contributed by atoms with Crippen molar-refractivity contribution in [2.75, 3.05) is 0 Å². The topological polar surface area (TPSA) is 107 Å². The number of hydrogen-bond donors (Lipinski definition) is 1. The molecule has 26 heavy (non-hydrogen) atoms. The van der Waals surface area contributed by atoms with Crippen LogP contribution in [0.3, 0.4) is 0 Å². The van der Waals surface area contributed by atoms with Crippen LogP contribution in [-0.2, 0) is 0 Å². The standard InChI is InChI=1S/C17H17ClN4O4/c1-3-11(2)26-15-7-6-12(9-13(15)18)10-20-21-17(23)16-14(22(24)25)5-4-8-19-16/h4-11H,3H2,1-2H3,(H,21,23)/b20-10+. The number of benzene rings is 1. The highest BCUT2D eigenvalue weighted by Gasteiger charge is 2.20. The van der Waals surface area contributed by atoms with Crippen molar-refractivity contribution in [2.45, 2.75) is 26.4 Å². The summed E-state index contributed by atoms with van der Waals surface area (Å²) in [5.74, 6) is -0.220. The predicted octanol–water partition coefficient (Wildman–Crippen LogP) is 3.58. The minimum Gasteiger partial charge on any atom is -0.489 e. The van der Waals surface area contributed by atoms with Gasteiger partial charge >= 0.3 is 5.69 Å². The van der Waals surface area contributed by atoms with Gasteiger partial charge in [-0.1, -0.05) is 18.5 Å².